The molecule has 1 aromatic heterocycles. The van der Waals surface area contributed by atoms with Crippen LogP contribution in [0.4, 0.5) is 0 Å². The number of hydrogen-bond donors (Lipinski definition) is 0. The van der Waals surface area contributed by atoms with Gasteiger partial charge in [0.15, 0.2) is 0 Å². The molecule has 3 rings (SSSR count). The van der Waals surface area contributed by atoms with E-state index in [9.17, 15) is 4.79 Å². The Kier molecular flexibility index (Phi) is 4.34. The molecule has 2 aromatic rings. The summed E-state index contributed by atoms with van der Waals surface area (Å²) >= 11 is 0. The fourth-order valence-electron chi connectivity index (χ4n) is 2.46. The fraction of sp³-hybridized carbons (Fsp3) is 0.294. The average Bonchev–Trinajstić information content (AvgIpc) is 2.99. The van der Waals surface area contributed by atoms with Crippen LogP contribution in [-0.2, 0) is 17.8 Å². The van der Waals surface area contributed by atoms with Crippen molar-refractivity contribution < 1.29 is 14.3 Å². The average molecular weight is 298 g/mol. The molecule has 114 valence electrons. The predicted molar refractivity (Wildman–Crippen MR) is 81.6 cm³/mol. The van der Waals surface area contributed by atoms with Crippen molar-refractivity contribution in [3.63, 3.8) is 0 Å². The van der Waals surface area contributed by atoms with Gasteiger partial charge < -0.3 is 14.4 Å². The van der Waals surface area contributed by atoms with E-state index in [4.69, 9.17) is 9.47 Å². The van der Waals surface area contributed by atoms with E-state index in [2.05, 4.69) is 4.98 Å². The van der Waals surface area contributed by atoms with Gasteiger partial charge in [0, 0.05) is 25.4 Å². The van der Waals surface area contributed by atoms with Crippen molar-refractivity contribution in [2.24, 2.45) is 0 Å². The lowest BCUT2D eigenvalue weighted by Crippen LogP contribution is -2.25. The Hall–Kier alpha value is -2.40. The van der Waals surface area contributed by atoms with Gasteiger partial charge in [0.2, 0.25) is 0 Å². The second-order valence-corrected chi connectivity index (χ2v) is 5.14. The molecule has 1 amide bonds. The number of methoxy groups -OCH3 is 1. The molecule has 1 aliphatic rings. The Balaban J connectivity index is 1.64. The summed E-state index contributed by atoms with van der Waals surface area (Å²) in [6, 6.07) is 11.1. The minimum Gasteiger partial charge on any atom is -0.491 e. The molecule has 22 heavy (non-hydrogen) atoms. The molecular formula is C17H18N2O3. The minimum atomic E-state index is 0.0152. The van der Waals surface area contributed by atoms with Gasteiger partial charge in [-0.05, 0) is 35.9 Å². The van der Waals surface area contributed by atoms with Crippen LogP contribution < -0.4 is 4.74 Å². The number of benzene rings is 1. The summed E-state index contributed by atoms with van der Waals surface area (Å²) in [4.78, 5) is 18.6. The van der Waals surface area contributed by atoms with E-state index >= 15 is 0 Å². The molecule has 0 unspecified atom stereocenters. The number of carbonyl (C=O) groups is 1. The Bertz CT molecular complexity index is 630. The molecule has 0 fully saturated rings. The first-order valence-corrected chi connectivity index (χ1v) is 7.22. The Morgan fingerprint density at radius 2 is 2.00 bits per heavy atom. The molecule has 1 aromatic carbocycles. The summed E-state index contributed by atoms with van der Waals surface area (Å²) in [5.41, 5.74) is 2.76. The van der Waals surface area contributed by atoms with Crippen molar-refractivity contribution >= 4 is 5.91 Å². The standard InChI is InChI=1S/C17H18N2O3/c1-21-9-10-22-15-6-4-13(5-7-15)17(20)19-11-14-3-2-8-18-16(14)12-19/h2-8H,9-12H2,1H3. The Labute approximate surface area is 129 Å². The van der Waals surface area contributed by atoms with Gasteiger partial charge in [-0.2, -0.15) is 0 Å². The van der Waals surface area contributed by atoms with Crippen LogP contribution in [0, 0.1) is 0 Å². The highest BCUT2D eigenvalue weighted by atomic mass is 16.5. The van der Waals surface area contributed by atoms with E-state index in [0.29, 0.717) is 31.9 Å². The lowest BCUT2D eigenvalue weighted by Gasteiger charge is -2.15. The van der Waals surface area contributed by atoms with Gasteiger partial charge in [0.1, 0.15) is 12.4 Å². The maximum atomic E-state index is 12.5. The molecule has 0 saturated heterocycles. The van der Waals surface area contributed by atoms with Gasteiger partial charge in [-0.15, -0.1) is 0 Å². The molecule has 0 atom stereocenters. The number of ether oxygens (including phenoxy) is 2. The number of aromatic nitrogens is 1. The van der Waals surface area contributed by atoms with E-state index in [1.807, 2.05) is 24.3 Å². The van der Waals surface area contributed by atoms with Crippen LogP contribution in [0.25, 0.3) is 0 Å². The third-order valence-electron chi connectivity index (χ3n) is 3.63. The molecule has 0 bridgehead atoms. The minimum absolute atomic E-state index is 0.0152. The smallest absolute Gasteiger partial charge is 0.254 e. The van der Waals surface area contributed by atoms with E-state index in [0.717, 1.165) is 17.0 Å². The molecule has 0 aliphatic carbocycles. The van der Waals surface area contributed by atoms with Crippen LogP contribution in [-0.4, -0.2) is 36.1 Å². The van der Waals surface area contributed by atoms with Crippen LogP contribution in [0.2, 0.25) is 0 Å². The van der Waals surface area contributed by atoms with Crippen molar-refractivity contribution in [3.05, 3.63) is 59.4 Å². The van der Waals surface area contributed by atoms with E-state index in [1.54, 1.807) is 30.3 Å². The topological polar surface area (TPSA) is 51.7 Å². The van der Waals surface area contributed by atoms with E-state index < -0.39 is 0 Å². The highest BCUT2D eigenvalue weighted by molar-refractivity contribution is 5.94. The molecule has 0 N–H and O–H groups in total. The van der Waals surface area contributed by atoms with Crippen LogP contribution in [0.3, 0.4) is 0 Å². The Morgan fingerprint density at radius 1 is 1.18 bits per heavy atom. The van der Waals surface area contributed by atoms with Crippen LogP contribution in [0.1, 0.15) is 21.6 Å². The van der Waals surface area contributed by atoms with E-state index in [1.165, 1.54) is 0 Å². The maximum absolute atomic E-state index is 12.5. The second-order valence-electron chi connectivity index (χ2n) is 5.14. The number of carbonyl (C=O) groups excluding carboxylic acids is 1. The third kappa shape index (κ3) is 3.09. The molecule has 2 heterocycles. The predicted octanol–water partition coefficient (Wildman–Crippen LogP) is 2.26. The van der Waals surface area contributed by atoms with Crippen molar-refractivity contribution in [1.82, 2.24) is 9.88 Å². The van der Waals surface area contributed by atoms with Crippen LogP contribution >= 0.6 is 0 Å². The number of pyridine rings is 1. The van der Waals surface area contributed by atoms with Crippen molar-refractivity contribution in [2.75, 3.05) is 20.3 Å². The zero-order valence-corrected chi connectivity index (χ0v) is 12.5. The zero-order chi connectivity index (χ0) is 15.4. The molecule has 0 spiro atoms. The number of rotatable bonds is 5. The molecular weight excluding hydrogens is 280 g/mol. The zero-order valence-electron chi connectivity index (χ0n) is 12.5. The van der Waals surface area contributed by atoms with Crippen LogP contribution in [0.15, 0.2) is 42.6 Å². The first kappa shape index (κ1) is 14.5. The maximum Gasteiger partial charge on any atom is 0.254 e. The monoisotopic (exact) mass is 298 g/mol. The van der Waals surface area contributed by atoms with Crippen LogP contribution in [0.5, 0.6) is 5.75 Å². The molecule has 5 nitrogen and oxygen atoms in total. The lowest BCUT2D eigenvalue weighted by atomic mass is 10.2. The van der Waals surface area contributed by atoms with Crippen molar-refractivity contribution in [3.8, 4) is 5.75 Å². The first-order valence-electron chi connectivity index (χ1n) is 7.22. The SMILES string of the molecule is COCCOc1ccc(C(=O)N2Cc3cccnc3C2)cc1. The second kappa shape index (κ2) is 6.58. The summed E-state index contributed by atoms with van der Waals surface area (Å²) in [6.45, 7) is 2.23. The summed E-state index contributed by atoms with van der Waals surface area (Å²) in [5.74, 6) is 0.751. The largest absolute Gasteiger partial charge is 0.491 e. The summed E-state index contributed by atoms with van der Waals surface area (Å²) in [6.07, 6.45) is 1.76. The molecule has 5 heteroatoms. The molecule has 0 radical (unpaired) electrons. The van der Waals surface area contributed by atoms with Gasteiger partial charge in [0.05, 0.1) is 18.8 Å². The van der Waals surface area contributed by atoms with Gasteiger partial charge >= 0.3 is 0 Å². The van der Waals surface area contributed by atoms with Gasteiger partial charge in [-0.1, -0.05) is 6.07 Å². The lowest BCUT2D eigenvalue weighted by molar-refractivity contribution is 0.0750. The highest BCUT2D eigenvalue weighted by Crippen LogP contribution is 2.23. The normalized spacial score (nSPS) is 13.0. The van der Waals surface area contributed by atoms with E-state index in [-0.39, 0.29) is 5.91 Å². The van der Waals surface area contributed by atoms with Gasteiger partial charge in [-0.25, -0.2) is 0 Å². The third-order valence-corrected chi connectivity index (χ3v) is 3.63. The summed E-state index contributed by atoms with van der Waals surface area (Å²) < 4.78 is 10.4. The quantitative estimate of drug-likeness (QED) is 0.795. The number of amides is 1. The molecule has 1 aliphatic heterocycles. The molecule has 0 saturated carbocycles. The number of hydrogen-bond acceptors (Lipinski definition) is 4. The summed E-state index contributed by atoms with van der Waals surface area (Å²) in [5, 5.41) is 0. The van der Waals surface area contributed by atoms with Crippen molar-refractivity contribution in [2.45, 2.75) is 13.1 Å². The summed E-state index contributed by atoms with van der Waals surface area (Å²) in [7, 11) is 1.63. The van der Waals surface area contributed by atoms with Gasteiger partial charge in [-0.3, -0.25) is 9.78 Å². The van der Waals surface area contributed by atoms with Crippen molar-refractivity contribution in [1.29, 1.82) is 0 Å². The number of fused-ring (bicyclic) bond motifs is 1. The highest BCUT2D eigenvalue weighted by Gasteiger charge is 2.24. The van der Waals surface area contributed by atoms with Gasteiger partial charge in [0.25, 0.3) is 5.91 Å². The first-order chi connectivity index (χ1) is 10.8. The Morgan fingerprint density at radius 3 is 2.73 bits per heavy atom. The fourth-order valence-corrected chi connectivity index (χ4v) is 2.46. The number of nitrogens with zero attached hydrogens (tertiary/aromatic N) is 2.